The van der Waals surface area contributed by atoms with Crippen molar-refractivity contribution in [2.24, 2.45) is 0 Å². The largest absolute Gasteiger partial charge is 0.482 e. The summed E-state index contributed by atoms with van der Waals surface area (Å²) >= 11 is 3.43. The summed E-state index contributed by atoms with van der Waals surface area (Å²) in [5.41, 5.74) is 4.47. The zero-order valence-electron chi connectivity index (χ0n) is 14.7. The molecular weight excluding hydrogens is 392 g/mol. The molecule has 26 heavy (non-hydrogen) atoms. The van der Waals surface area contributed by atoms with Gasteiger partial charge in [-0.1, -0.05) is 57.9 Å². The van der Waals surface area contributed by atoms with Crippen LogP contribution in [0.1, 0.15) is 11.1 Å². The van der Waals surface area contributed by atoms with E-state index in [4.69, 9.17) is 9.47 Å². The Balaban J connectivity index is 1.57. The number of aryl methyl sites for hydroxylation is 2. The Morgan fingerprint density at radius 3 is 2.04 bits per heavy atom. The third-order valence-corrected chi connectivity index (χ3v) is 4.85. The summed E-state index contributed by atoms with van der Waals surface area (Å²) in [5, 5.41) is 0. The van der Waals surface area contributed by atoms with Gasteiger partial charge in [0.05, 0.1) is 0 Å². The quantitative estimate of drug-likeness (QED) is 0.398. The van der Waals surface area contributed by atoms with E-state index in [1.165, 1.54) is 5.56 Å². The number of rotatable bonds is 5. The van der Waals surface area contributed by atoms with E-state index in [2.05, 4.69) is 47.1 Å². The molecule has 0 fully saturated rings. The second-order valence-electron chi connectivity index (χ2n) is 6.06. The van der Waals surface area contributed by atoms with Gasteiger partial charge in [0.1, 0.15) is 11.5 Å². The average molecular weight is 411 g/mol. The molecule has 0 amide bonds. The summed E-state index contributed by atoms with van der Waals surface area (Å²) in [6, 6.07) is 21.3. The zero-order chi connectivity index (χ0) is 18.5. The van der Waals surface area contributed by atoms with Crippen molar-refractivity contribution in [2.45, 2.75) is 13.8 Å². The molecule has 0 atom stereocenters. The lowest BCUT2D eigenvalue weighted by Crippen LogP contribution is -2.17. The molecule has 0 aliphatic carbocycles. The van der Waals surface area contributed by atoms with Crippen LogP contribution in [0.5, 0.6) is 11.5 Å². The SMILES string of the molecule is Cc1ccc(-c2ccc(OC(=O)COc3ccc(Br)c(C)c3)cc2)cc1. The van der Waals surface area contributed by atoms with Crippen LogP contribution in [0.4, 0.5) is 0 Å². The molecule has 0 aromatic heterocycles. The summed E-state index contributed by atoms with van der Waals surface area (Å²) in [7, 11) is 0. The van der Waals surface area contributed by atoms with Crippen molar-refractivity contribution in [3.63, 3.8) is 0 Å². The Hall–Kier alpha value is -2.59. The first kappa shape index (κ1) is 18.2. The lowest BCUT2D eigenvalue weighted by Gasteiger charge is -2.09. The normalized spacial score (nSPS) is 10.4. The van der Waals surface area contributed by atoms with E-state index in [0.717, 1.165) is 21.2 Å². The molecule has 3 aromatic rings. The fourth-order valence-electron chi connectivity index (χ4n) is 2.47. The fourth-order valence-corrected chi connectivity index (χ4v) is 2.72. The fraction of sp³-hybridized carbons (Fsp3) is 0.136. The van der Waals surface area contributed by atoms with Gasteiger partial charge in [0.25, 0.3) is 0 Å². The maximum atomic E-state index is 12.0. The van der Waals surface area contributed by atoms with Crippen LogP contribution >= 0.6 is 15.9 Å². The van der Waals surface area contributed by atoms with E-state index in [1.807, 2.05) is 31.2 Å². The molecule has 3 rings (SSSR count). The van der Waals surface area contributed by atoms with Crippen molar-refractivity contribution in [2.75, 3.05) is 6.61 Å². The molecule has 0 radical (unpaired) electrons. The van der Waals surface area contributed by atoms with Crippen LogP contribution in [0.15, 0.2) is 71.2 Å². The number of benzene rings is 3. The Morgan fingerprint density at radius 2 is 1.42 bits per heavy atom. The number of hydrogen-bond donors (Lipinski definition) is 0. The average Bonchev–Trinajstić information content (AvgIpc) is 2.64. The number of carbonyl (C=O) groups is 1. The molecule has 0 saturated carbocycles. The van der Waals surface area contributed by atoms with Gasteiger partial charge in [-0.05, 0) is 60.9 Å². The zero-order valence-corrected chi connectivity index (χ0v) is 16.2. The van der Waals surface area contributed by atoms with Crippen molar-refractivity contribution in [3.8, 4) is 22.6 Å². The van der Waals surface area contributed by atoms with Crippen LogP contribution in [-0.2, 0) is 4.79 Å². The van der Waals surface area contributed by atoms with E-state index in [-0.39, 0.29) is 6.61 Å². The Morgan fingerprint density at radius 1 is 0.846 bits per heavy atom. The highest BCUT2D eigenvalue weighted by molar-refractivity contribution is 9.10. The highest BCUT2D eigenvalue weighted by atomic mass is 79.9. The molecule has 0 bridgehead atoms. The molecule has 0 heterocycles. The molecule has 3 aromatic carbocycles. The van der Waals surface area contributed by atoms with Gasteiger partial charge in [-0.25, -0.2) is 4.79 Å². The summed E-state index contributed by atoms with van der Waals surface area (Å²) in [6.07, 6.45) is 0. The molecule has 0 saturated heterocycles. The third kappa shape index (κ3) is 4.73. The summed E-state index contributed by atoms with van der Waals surface area (Å²) in [4.78, 5) is 12.0. The van der Waals surface area contributed by atoms with E-state index >= 15 is 0 Å². The van der Waals surface area contributed by atoms with Gasteiger partial charge < -0.3 is 9.47 Å². The molecule has 0 aliphatic heterocycles. The molecule has 0 aliphatic rings. The summed E-state index contributed by atoms with van der Waals surface area (Å²) in [5.74, 6) is 0.701. The van der Waals surface area contributed by atoms with Gasteiger partial charge in [0.15, 0.2) is 6.61 Å². The molecule has 0 spiro atoms. The molecule has 4 heteroatoms. The Kier molecular flexibility index (Phi) is 5.74. The van der Waals surface area contributed by atoms with Crippen molar-refractivity contribution in [1.82, 2.24) is 0 Å². The van der Waals surface area contributed by atoms with Crippen LogP contribution in [-0.4, -0.2) is 12.6 Å². The first-order chi connectivity index (χ1) is 12.5. The minimum Gasteiger partial charge on any atom is -0.482 e. The number of halogens is 1. The topological polar surface area (TPSA) is 35.5 Å². The monoisotopic (exact) mass is 410 g/mol. The minimum atomic E-state index is -0.436. The van der Waals surface area contributed by atoms with Crippen LogP contribution < -0.4 is 9.47 Å². The molecule has 0 unspecified atom stereocenters. The van der Waals surface area contributed by atoms with Crippen LogP contribution in [0.3, 0.4) is 0 Å². The second-order valence-corrected chi connectivity index (χ2v) is 6.92. The van der Waals surface area contributed by atoms with E-state index < -0.39 is 5.97 Å². The van der Waals surface area contributed by atoms with Crippen molar-refractivity contribution in [3.05, 3.63) is 82.3 Å². The predicted octanol–water partition coefficient (Wildman–Crippen LogP) is 5.72. The standard InChI is InChI=1S/C22H19BrO3/c1-15-3-5-17(6-4-15)18-7-9-19(10-8-18)26-22(24)14-25-20-11-12-21(23)16(2)13-20/h3-13H,14H2,1-2H3. The highest BCUT2D eigenvalue weighted by Crippen LogP contribution is 2.23. The summed E-state index contributed by atoms with van der Waals surface area (Å²) < 4.78 is 11.8. The van der Waals surface area contributed by atoms with Crippen molar-refractivity contribution >= 4 is 21.9 Å². The van der Waals surface area contributed by atoms with Crippen LogP contribution in [0.2, 0.25) is 0 Å². The lowest BCUT2D eigenvalue weighted by molar-refractivity contribution is -0.136. The van der Waals surface area contributed by atoms with Gasteiger partial charge in [-0.2, -0.15) is 0 Å². The molecular formula is C22H19BrO3. The van der Waals surface area contributed by atoms with Crippen molar-refractivity contribution in [1.29, 1.82) is 0 Å². The third-order valence-electron chi connectivity index (χ3n) is 3.96. The smallest absolute Gasteiger partial charge is 0.349 e. The van der Waals surface area contributed by atoms with E-state index in [9.17, 15) is 4.79 Å². The van der Waals surface area contributed by atoms with Gasteiger partial charge in [-0.15, -0.1) is 0 Å². The number of ether oxygens (including phenoxy) is 2. The van der Waals surface area contributed by atoms with E-state index in [0.29, 0.717) is 11.5 Å². The van der Waals surface area contributed by atoms with E-state index in [1.54, 1.807) is 18.2 Å². The number of carbonyl (C=O) groups excluding carboxylic acids is 1. The van der Waals surface area contributed by atoms with Crippen LogP contribution in [0.25, 0.3) is 11.1 Å². The first-order valence-electron chi connectivity index (χ1n) is 8.28. The van der Waals surface area contributed by atoms with Gasteiger partial charge in [-0.3, -0.25) is 0 Å². The minimum absolute atomic E-state index is 0.138. The van der Waals surface area contributed by atoms with Crippen molar-refractivity contribution < 1.29 is 14.3 Å². The summed E-state index contributed by atoms with van der Waals surface area (Å²) in [6.45, 7) is 3.88. The molecule has 3 nitrogen and oxygen atoms in total. The lowest BCUT2D eigenvalue weighted by atomic mass is 10.0. The van der Waals surface area contributed by atoms with Gasteiger partial charge in [0, 0.05) is 4.47 Å². The Bertz CT molecular complexity index is 900. The molecule has 132 valence electrons. The first-order valence-corrected chi connectivity index (χ1v) is 9.07. The number of esters is 1. The van der Waals surface area contributed by atoms with Gasteiger partial charge in [0.2, 0.25) is 0 Å². The maximum Gasteiger partial charge on any atom is 0.349 e. The second kappa shape index (κ2) is 8.19. The maximum absolute atomic E-state index is 12.0. The Labute approximate surface area is 161 Å². The van der Waals surface area contributed by atoms with Gasteiger partial charge >= 0.3 is 5.97 Å². The molecule has 0 N–H and O–H groups in total. The number of hydrogen-bond acceptors (Lipinski definition) is 3. The predicted molar refractivity (Wildman–Crippen MR) is 107 cm³/mol. The highest BCUT2D eigenvalue weighted by Gasteiger charge is 2.07. The van der Waals surface area contributed by atoms with Crippen LogP contribution in [0, 0.1) is 13.8 Å².